The zero-order chi connectivity index (χ0) is 19.2. The molecule has 5 nitrogen and oxygen atoms in total. The second kappa shape index (κ2) is 9.06. The van der Waals surface area contributed by atoms with Crippen LogP contribution in [-0.4, -0.2) is 36.7 Å². The lowest BCUT2D eigenvalue weighted by Gasteiger charge is -2.17. The predicted molar refractivity (Wildman–Crippen MR) is 110 cm³/mol. The minimum Gasteiger partial charge on any atom is -0.352 e. The minimum atomic E-state index is -0.127. The van der Waals surface area contributed by atoms with Gasteiger partial charge in [-0.2, -0.15) is 0 Å². The van der Waals surface area contributed by atoms with Crippen molar-refractivity contribution in [3.63, 3.8) is 0 Å². The second-order valence-electron chi connectivity index (χ2n) is 6.73. The average molecular weight is 384 g/mol. The van der Waals surface area contributed by atoms with Crippen molar-refractivity contribution in [2.45, 2.75) is 30.7 Å². The summed E-state index contributed by atoms with van der Waals surface area (Å²) < 4.78 is 0. The lowest BCUT2D eigenvalue weighted by Crippen LogP contribution is -2.31. The molecule has 1 aliphatic heterocycles. The van der Waals surface area contributed by atoms with E-state index in [0.29, 0.717) is 17.9 Å². The van der Waals surface area contributed by atoms with Crippen molar-refractivity contribution in [3.8, 4) is 0 Å². The molecule has 0 aliphatic carbocycles. The Labute approximate surface area is 164 Å². The molecule has 0 fully saturated rings. The molecule has 1 unspecified atom stereocenters. The topological polar surface area (TPSA) is 75.4 Å². The van der Waals surface area contributed by atoms with Crippen LogP contribution in [0.15, 0.2) is 53.4 Å². The zero-order valence-corrected chi connectivity index (χ0v) is 16.3. The Morgan fingerprint density at radius 1 is 1.19 bits per heavy atom. The number of amides is 2. The third kappa shape index (κ3) is 4.90. The largest absolute Gasteiger partial charge is 0.352 e. The molecule has 6 heteroatoms. The molecule has 142 valence electrons. The fraction of sp³-hybridized carbons (Fsp3) is 0.333. The van der Waals surface area contributed by atoms with Gasteiger partial charge in [-0.1, -0.05) is 30.3 Å². The highest BCUT2D eigenvalue weighted by molar-refractivity contribution is 8.00. The van der Waals surface area contributed by atoms with Gasteiger partial charge in [0, 0.05) is 29.7 Å². The van der Waals surface area contributed by atoms with Gasteiger partial charge in [0.1, 0.15) is 0 Å². The molecule has 3 rings (SSSR count). The maximum absolute atomic E-state index is 12.7. The summed E-state index contributed by atoms with van der Waals surface area (Å²) in [5.74, 6) is 0.244. The summed E-state index contributed by atoms with van der Waals surface area (Å²) in [5, 5.41) is 2.90. The number of para-hydroxylation sites is 1. The molecule has 0 spiro atoms. The van der Waals surface area contributed by atoms with Gasteiger partial charge >= 0.3 is 0 Å². The smallest absolute Gasteiger partial charge is 0.252 e. The third-order valence-electron chi connectivity index (χ3n) is 4.56. The van der Waals surface area contributed by atoms with Crippen LogP contribution in [0.25, 0.3) is 0 Å². The number of rotatable bonds is 7. The molecule has 1 atom stereocenters. The van der Waals surface area contributed by atoms with E-state index in [1.807, 2.05) is 48.2 Å². The molecule has 0 bridgehead atoms. The first-order chi connectivity index (χ1) is 13.1. The Hall–Kier alpha value is -2.31. The van der Waals surface area contributed by atoms with Gasteiger partial charge in [-0.25, -0.2) is 0 Å². The van der Waals surface area contributed by atoms with Crippen LogP contribution in [0.1, 0.15) is 29.3 Å². The highest BCUT2D eigenvalue weighted by Gasteiger charge is 2.24. The van der Waals surface area contributed by atoms with Crippen LogP contribution in [0.2, 0.25) is 0 Å². The van der Waals surface area contributed by atoms with Gasteiger partial charge in [0.15, 0.2) is 0 Å². The number of hydrogen-bond acceptors (Lipinski definition) is 4. The van der Waals surface area contributed by atoms with Crippen LogP contribution in [0.3, 0.4) is 0 Å². The van der Waals surface area contributed by atoms with Crippen LogP contribution in [0.4, 0.5) is 5.69 Å². The van der Waals surface area contributed by atoms with E-state index in [-0.39, 0.29) is 17.9 Å². The van der Waals surface area contributed by atoms with Crippen LogP contribution >= 0.6 is 11.8 Å². The number of nitrogens with zero attached hydrogens (tertiary/aromatic N) is 1. The first-order valence-corrected chi connectivity index (χ1v) is 10.2. The van der Waals surface area contributed by atoms with E-state index in [1.54, 1.807) is 6.07 Å². The SMILES string of the molecule is CC(N)CCNC(=O)c1ccccc1SCC(=O)N1CCc2ccccc21. The summed E-state index contributed by atoms with van der Waals surface area (Å²) in [6, 6.07) is 15.5. The molecule has 0 saturated heterocycles. The molecular formula is C21H25N3O2S. The maximum atomic E-state index is 12.7. The lowest BCUT2D eigenvalue weighted by atomic mass is 10.2. The van der Waals surface area contributed by atoms with E-state index in [2.05, 4.69) is 11.4 Å². The van der Waals surface area contributed by atoms with E-state index in [0.717, 1.165) is 30.0 Å². The Balaban J connectivity index is 1.61. The lowest BCUT2D eigenvalue weighted by molar-refractivity contribution is -0.116. The maximum Gasteiger partial charge on any atom is 0.252 e. The van der Waals surface area contributed by atoms with Crippen molar-refractivity contribution in [3.05, 3.63) is 59.7 Å². The number of hydrogen-bond donors (Lipinski definition) is 2. The van der Waals surface area contributed by atoms with Gasteiger partial charge in [-0.05, 0) is 43.5 Å². The van der Waals surface area contributed by atoms with Gasteiger partial charge in [-0.15, -0.1) is 11.8 Å². The minimum absolute atomic E-state index is 0.0517. The number of carbonyl (C=O) groups is 2. The van der Waals surface area contributed by atoms with Gasteiger partial charge in [-0.3, -0.25) is 9.59 Å². The summed E-state index contributed by atoms with van der Waals surface area (Å²) >= 11 is 1.41. The molecule has 2 aromatic rings. The third-order valence-corrected chi connectivity index (χ3v) is 5.61. The number of thioether (sulfide) groups is 1. The molecule has 27 heavy (non-hydrogen) atoms. The molecule has 0 saturated carbocycles. The Kier molecular flexibility index (Phi) is 6.53. The van der Waals surface area contributed by atoms with E-state index < -0.39 is 0 Å². The normalized spacial score (nSPS) is 13.9. The number of benzene rings is 2. The Bertz CT molecular complexity index is 823. The number of nitrogens with two attached hydrogens (primary N) is 1. The second-order valence-corrected chi connectivity index (χ2v) is 7.75. The number of nitrogens with one attached hydrogen (secondary N) is 1. The molecule has 2 aromatic carbocycles. The van der Waals surface area contributed by atoms with E-state index in [1.165, 1.54) is 17.3 Å². The highest BCUT2D eigenvalue weighted by Crippen LogP contribution is 2.29. The molecule has 3 N–H and O–H groups in total. The Morgan fingerprint density at radius 3 is 2.74 bits per heavy atom. The van der Waals surface area contributed by atoms with E-state index in [4.69, 9.17) is 5.73 Å². The van der Waals surface area contributed by atoms with Gasteiger partial charge < -0.3 is 16.0 Å². The molecule has 1 heterocycles. The molecule has 0 aromatic heterocycles. The molecular weight excluding hydrogens is 358 g/mol. The monoisotopic (exact) mass is 383 g/mol. The predicted octanol–water partition coefficient (Wildman–Crippen LogP) is 2.84. The first-order valence-electron chi connectivity index (χ1n) is 9.20. The van der Waals surface area contributed by atoms with Crippen molar-refractivity contribution in [1.82, 2.24) is 5.32 Å². The fourth-order valence-electron chi connectivity index (χ4n) is 3.10. The van der Waals surface area contributed by atoms with Crippen molar-refractivity contribution < 1.29 is 9.59 Å². The molecule has 0 radical (unpaired) electrons. The summed E-state index contributed by atoms with van der Waals surface area (Å²) in [4.78, 5) is 27.8. The van der Waals surface area contributed by atoms with E-state index >= 15 is 0 Å². The van der Waals surface area contributed by atoms with Gasteiger partial charge in [0.05, 0.1) is 11.3 Å². The van der Waals surface area contributed by atoms with Crippen LogP contribution in [-0.2, 0) is 11.2 Å². The highest BCUT2D eigenvalue weighted by atomic mass is 32.2. The fourth-order valence-corrected chi connectivity index (χ4v) is 4.03. The van der Waals surface area contributed by atoms with Crippen LogP contribution < -0.4 is 16.0 Å². The number of carbonyl (C=O) groups excluding carboxylic acids is 2. The van der Waals surface area contributed by atoms with Crippen molar-refractivity contribution >= 4 is 29.3 Å². The summed E-state index contributed by atoms with van der Waals surface area (Å²) in [6.07, 6.45) is 1.62. The summed E-state index contributed by atoms with van der Waals surface area (Å²) in [5.41, 5.74) is 8.54. The van der Waals surface area contributed by atoms with Crippen molar-refractivity contribution in [2.75, 3.05) is 23.7 Å². The van der Waals surface area contributed by atoms with E-state index in [9.17, 15) is 9.59 Å². The standard InChI is InChI=1S/C21H25N3O2S/c1-15(22)10-12-23-21(26)17-7-3-5-9-19(17)27-14-20(25)24-13-11-16-6-2-4-8-18(16)24/h2-9,15H,10-14,22H2,1H3,(H,23,26). The van der Waals surface area contributed by atoms with Crippen molar-refractivity contribution in [2.24, 2.45) is 5.73 Å². The zero-order valence-electron chi connectivity index (χ0n) is 15.5. The Morgan fingerprint density at radius 2 is 1.93 bits per heavy atom. The summed E-state index contributed by atoms with van der Waals surface area (Å²) in [6.45, 7) is 3.18. The van der Waals surface area contributed by atoms with Crippen LogP contribution in [0, 0.1) is 0 Å². The number of anilines is 1. The van der Waals surface area contributed by atoms with Gasteiger partial charge in [0.2, 0.25) is 5.91 Å². The van der Waals surface area contributed by atoms with Gasteiger partial charge in [0.25, 0.3) is 5.91 Å². The quantitative estimate of drug-likeness (QED) is 0.721. The first kappa shape index (κ1) is 19.5. The van der Waals surface area contributed by atoms with Crippen molar-refractivity contribution in [1.29, 1.82) is 0 Å². The average Bonchev–Trinajstić information content (AvgIpc) is 3.10. The van der Waals surface area contributed by atoms with Crippen LogP contribution in [0.5, 0.6) is 0 Å². The molecule has 2 amide bonds. The number of fused-ring (bicyclic) bond motifs is 1. The summed E-state index contributed by atoms with van der Waals surface area (Å²) in [7, 11) is 0. The molecule has 1 aliphatic rings.